The molecule has 26 heavy (non-hydrogen) atoms. The predicted molar refractivity (Wildman–Crippen MR) is 105 cm³/mol. The van der Waals surface area contributed by atoms with Gasteiger partial charge in [-0.2, -0.15) is 0 Å². The van der Waals surface area contributed by atoms with Crippen LogP contribution in [0.25, 0.3) is 11.0 Å². The molecule has 0 aliphatic carbocycles. The van der Waals surface area contributed by atoms with Crippen molar-refractivity contribution in [2.24, 2.45) is 0 Å². The highest BCUT2D eigenvalue weighted by atomic mass is 15.0. The molecule has 0 bridgehead atoms. The number of anilines is 2. The SMILES string of the molecule is Nc1ccc2c(NCC(c3ccccc3)c3ccccc3)ncnc2n1. The minimum Gasteiger partial charge on any atom is -0.384 e. The Kier molecular flexibility index (Phi) is 4.43. The van der Waals surface area contributed by atoms with E-state index in [1.54, 1.807) is 6.07 Å². The molecule has 2 aromatic carbocycles. The summed E-state index contributed by atoms with van der Waals surface area (Å²) in [6.45, 7) is 0.713. The Morgan fingerprint density at radius 1 is 0.808 bits per heavy atom. The van der Waals surface area contributed by atoms with Crippen molar-refractivity contribution in [2.75, 3.05) is 17.6 Å². The molecule has 2 aromatic heterocycles. The summed E-state index contributed by atoms with van der Waals surface area (Å²) in [5.74, 6) is 1.43. The lowest BCUT2D eigenvalue weighted by molar-refractivity contribution is 0.849. The van der Waals surface area contributed by atoms with Crippen molar-refractivity contribution in [3.05, 3.63) is 90.3 Å². The van der Waals surface area contributed by atoms with Crippen molar-refractivity contribution in [2.45, 2.75) is 5.92 Å². The third-order valence-corrected chi connectivity index (χ3v) is 4.40. The number of benzene rings is 2. The standard InChI is InChI=1S/C21H19N5/c22-19-12-11-17-20(24-14-25-21(17)26-19)23-13-18(15-7-3-1-4-8-15)16-9-5-2-6-10-16/h1-12,14,18H,13H2,(H3,22,23,24,25,26). The summed E-state index contributed by atoms with van der Waals surface area (Å²) in [5, 5.41) is 4.33. The van der Waals surface area contributed by atoms with Crippen LogP contribution in [0.4, 0.5) is 11.6 Å². The van der Waals surface area contributed by atoms with Crippen LogP contribution in [0.2, 0.25) is 0 Å². The molecular formula is C21H19N5. The molecular weight excluding hydrogens is 322 g/mol. The van der Waals surface area contributed by atoms with Crippen LogP contribution < -0.4 is 11.1 Å². The van der Waals surface area contributed by atoms with E-state index in [1.807, 2.05) is 18.2 Å². The van der Waals surface area contributed by atoms with Crippen LogP contribution in [0, 0.1) is 0 Å². The summed E-state index contributed by atoms with van der Waals surface area (Å²) in [5.41, 5.74) is 8.86. The summed E-state index contributed by atoms with van der Waals surface area (Å²) in [7, 11) is 0. The van der Waals surface area contributed by atoms with E-state index in [1.165, 1.54) is 17.5 Å². The first-order chi connectivity index (χ1) is 12.8. The highest BCUT2D eigenvalue weighted by Gasteiger charge is 2.15. The molecule has 0 aliphatic rings. The molecule has 0 fully saturated rings. The summed E-state index contributed by atoms with van der Waals surface area (Å²) >= 11 is 0. The van der Waals surface area contributed by atoms with Crippen LogP contribution in [0.5, 0.6) is 0 Å². The van der Waals surface area contributed by atoms with Gasteiger partial charge in [-0.3, -0.25) is 0 Å². The zero-order chi connectivity index (χ0) is 17.8. The highest BCUT2D eigenvalue weighted by Crippen LogP contribution is 2.26. The van der Waals surface area contributed by atoms with E-state index in [0.29, 0.717) is 18.0 Å². The number of hydrogen-bond donors (Lipinski definition) is 2. The quantitative estimate of drug-likeness (QED) is 0.576. The molecule has 0 amide bonds. The molecule has 2 heterocycles. The smallest absolute Gasteiger partial charge is 0.166 e. The second kappa shape index (κ2) is 7.19. The molecule has 4 aromatic rings. The number of nitrogens with one attached hydrogen (secondary N) is 1. The zero-order valence-electron chi connectivity index (χ0n) is 14.2. The number of nitrogen functional groups attached to an aromatic ring is 1. The van der Waals surface area contributed by atoms with E-state index in [9.17, 15) is 0 Å². The molecule has 0 saturated heterocycles. The van der Waals surface area contributed by atoms with E-state index in [4.69, 9.17) is 5.73 Å². The van der Waals surface area contributed by atoms with Crippen molar-refractivity contribution in [3.63, 3.8) is 0 Å². The molecule has 0 unspecified atom stereocenters. The molecule has 0 spiro atoms. The first-order valence-corrected chi connectivity index (χ1v) is 8.52. The normalized spacial score (nSPS) is 11.0. The van der Waals surface area contributed by atoms with Gasteiger partial charge in [0.1, 0.15) is 18.0 Å². The van der Waals surface area contributed by atoms with Gasteiger partial charge < -0.3 is 11.1 Å². The van der Waals surface area contributed by atoms with E-state index >= 15 is 0 Å². The Morgan fingerprint density at radius 3 is 2.12 bits per heavy atom. The molecule has 128 valence electrons. The lowest BCUT2D eigenvalue weighted by Gasteiger charge is -2.19. The molecule has 5 nitrogen and oxygen atoms in total. The van der Waals surface area contributed by atoms with Gasteiger partial charge in [0, 0.05) is 12.5 Å². The predicted octanol–water partition coefficient (Wildman–Crippen LogP) is 3.85. The van der Waals surface area contributed by atoms with Crippen molar-refractivity contribution in [3.8, 4) is 0 Å². The molecule has 0 aliphatic heterocycles. The topological polar surface area (TPSA) is 76.7 Å². The lowest BCUT2D eigenvalue weighted by Crippen LogP contribution is -2.15. The Morgan fingerprint density at radius 2 is 1.46 bits per heavy atom. The van der Waals surface area contributed by atoms with E-state index in [0.717, 1.165) is 11.2 Å². The molecule has 0 atom stereocenters. The van der Waals surface area contributed by atoms with Gasteiger partial charge in [0.2, 0.25) is 0 Å². The Balaban J connectivity index is 1.65. The van der Waals surface area contributed by atoms with Crippen LogP contribution in [0.3, 0.4) is 0 Å². The van der Waals surface area contributed by atoms with Gasteiger partial charge in [0.05, 0.1) is 5.39 Å². The van der Waals surface area contributed by atoms with Gasteiger partial charge in [-0.1, -0.05) is 60.7 Å². The maximum atomic E-state index is 5.76. The Bertz CT molecular complexity index is 963. The summed E-state index contributed by atoms with van der Waals surface area (Å²) in [4.78, 5) is 12.9. The average molecular weight is 341 g/mol. The maximum Gasteiger partial charge on any atom is 0.166 e. The third kappa shape index (κ3) is 3.32. The fourth-order valence-corrected chi connectivity index (χ4v) is 3.10. The first kappa shape index (κ1) is 16.0. The first-order valence-electron chi connectivity index (χ1n) is 8.52. The van der Waals surface area contributed by atoms with Crippen molar-refractivity contribution in [1.82, 2.24) is 15.0 Å². The Hall–Kier alpha value is -3.47. The summed E-state index contributed by atoms with van der Waals surface area (Å²) < 4.78 is 0. The largest absolute Gasteiger partial charge is 0.384 e. The van der Waals surface area contributed by atoms with Crippen molar-refractivity contribution in [1.29, 1.82) is 0 Å². The molecule has 0 radical (unpaired) electrons. The van der Waals surface area contributed by atoms with Gasteiger partial charge in [-0.15, -0.1) is 0 Å². The van der Waals surface area contributed by atoms with Gasteiger partial charge in [0.25, 0.3) is 0 Å². The fourth-order valence-electron chi connectivity index (χ4n) is 3.10. The van der Waals surface area contributed by atoms with Crippen LogP contribution in [-0.4, -0.2) is 21.5 Å². The maximum absolute atomic E-state index is 5.76. The summed E-state index contributed by atoms with van der Waals surface area (Å²) in [6.07, 6.45) is 1.51. The van der Waals surface area contributed by atoms with E-state index in [-0.39, 0.29) is 5.92 Å². The van der Waals surface area contributed by atoms with Gasteiger partial charge in [-0.25, -0.2) is 15.0 Å². The van der Waals surface area contributed by atoms with Gasteiger partial charge >= 0.3 is 0 Å². The number of fused-ring (bicyclic) bond motifs is 1. The monoisotopic (exact) mass is 341 g/mol. The molecule has 4 rings (SSSR count). The van der Waals surface area contributed by atoms with Gasteiger partial charge in [0.15, 0.2) is 5.65 Å². The molecule has 3 N–H and O–H groups in total. The molecule has 0 saturated carbocycles. The van der Waals surface area contributed by atoms with E-state index < -0.39 is 0 Å². The minimum atomic E-state index is 0.212. The minimum absolute atomic E-state index is 0.212. The number of pyridine rings is 1. The number of nitrogens with zero attached hydrogens (tertiary/aromatic N) is 3. The van der Waals surface area contributed by atoms with Crippen LogP contribution >= 0.6 is 0 Å². The van der Waals surface area contributed by atoms with Crippen molar-refractivity contribution >= 4 is 22.7 Å². The van der Waals surface area contributed by atoms with Crippen molar-refractivity contribution < 1.29 is 0 Å². The second-order valence-corrected chi connectivity index (χ2v) is 6.08. The second-order valence-electron chi connectivity index (χ2n) is 6.08. The highest BCUT2D eigenvalue weighted by molar-refractivity contribution is 5.87. The summed E-state index contributed by atoms with van der Waals surface area (Å²) in [6, 6.07) is 24.6. The number of hydrogen-bond acceptors (Lipinski definition) is 5. The number of rotatable bonds is 5. The van der Waals surface area contributed by atoms with E-state index in [2.05, 4.69) is 68.8 Å². The number of aromatic nitrogens is 3. The fraction of sp³-hybridized carbons (Fsp3) is 0.0952. The average Bonchev–Trinajstić information content (AvgIpc) is 2.69. The van der Waals surface area contributed by atoms with Gasteiger partial charge in [-0.05, 0) is 23.3 Å². The Labute approximate surface area is 152 Å². The number of nitrogens with two attached hydrogens (primary N) is 1. The lowest BCUT2D eigenvalue weighted by atomic mass is 9.91. The molecule has 5 heteroatoms. The third-order valence-electron chi connectivity index (χ3n) is 4.40. The van der Waals surface area contributed by atoms with Crippen LogP contribution in [0.15, 0.2) is 79.1 Å². The van der Waals surface area contributed by atoms with Crippen LogP contribution in [0.1, 0.15) is 17.0 Å². The zero-order valence-corrected chi connectivity index (χ0v) is 14.2. The van der Waals surface area contributed by atoms with Crippen LogP contribution in [-0.2, 0) is 0 Å².